The lowest BCUT2D eigenvalue weighted by Crippen LogP contribution is -2.34. The third kappa shape index (κ3) is 6.74. The molecule has 1 amide bonds. The van der Waals surface area contributed by atoms with Gasteiger partial charge in [-0.3, -0.25) is 9.69 Å². The molecule has 224 valence electrons. The first kappa shape index (κ1) is 29.9. The number of carbonyl (C=O) groups is 1. The van der Waals surface area contributed by atoms with Gasteiger partial charge in [0.15, 0.2) is 11.5 Å². The molecule has 7 heteroatoms. The van der Waals surface area contributed by atoms with Gasteiger partial charge in [0.2, 0.25) is 12.7 Å². The smallest absolute Gasteiger partial charge is 0.238 e. The highest BCUT2D eigenvalue weighted by atomic mass is 16.7. The summed E-state index contributed by atoms with van der Waals surface area (Å²) in [5.41, 5.74) is 5.68. The Morgan fingerprint density at radius 1 is 0.952 bits per heavy atom. The molecule has 1 N–H and O–H groups in total. The van der Waals surface area contributed by atoms with Crippen LogP contribution in [0.15, 0.2) is 60.7 Å². The van der Waals surface area contributed by atoms with E-state index in [0.29, 0.717) is 19.8 Å². The van der Waals surface area contributed by atoms with Crippen LogP contribution in [0.4, 0.5) is 5.69 Å². The molecule has 0 aromatic heterocycles. The molecule has 3 atom stereocenters. The molecule has 0 bridgehead atoms. The molecule has 7 nitrogen and oxygen atoms in total. The lowest BCUT2D eigenvalue weighted by molar-refractivity contribution is -0.117. The minimum atomic E-state index is 0.0132. The number of likely N-dealkylation sites (tertiary alicyclic amines) is 1. The molecule has 3 aromatic carbocycles. The van der Waals surface area contributed by atoms with Crippen LogP contribution >= 0.6 is 0 Å². The van der Waals surface area contributed by atoms with E-state index in [1.54, 1.807) is 0 Å². The molecule has 0 saturated carbocycles. The van der Waals surface area contributed by atoms with Crippen LogP contribution < -0.4 is 19.5 Å². The number of hydrogen-bond donors (Lipinski definition) is 1. The fraction of sp³-hybridized carbons (Fsp3) is 0.457. The molecule has 5 rings (SSSR count). The molecule has 1 saturated heterocycles. The van der Waals surface area contributed by atoms with Crippen LogP contribution in [0.1, 0.15) is 68.8 Å². The molecule has 0 unspecified atom stereocenters. The minimum Gasteiger partial charge on any atom is -0.491 e. The van der Waals surface area contributed by atoms with Gasteiger partial charge in [-0.25, -0.2) is 0 Å². The van der Waals surface area contributed by atoms with Crippen LogP contribution in [-0.2, 0) is 22.4 Å². The number of aryl methyl sites for hydroxylation is 2. The second kappa shape index (κ2) is 13.6. The Morgan fingerprint density at radius 3 is 2.33 bits per heavy atom. The first-order valence-electron chi connectivity index (χ1n) is 15.3. The van der Waals surface area contributed by atoms with Gasteiger partial charge in [-0.05, 0) is 79.1 Å². The van der Waals surface area contributed by atoms with Crippen molar-refractivity contribution in [1.29, 1.82) is 0 Å². The molecule has 0 aliphatic carbocycles. The topological polar surface area (TPSA) is 69.3 Å². The average Bonchev–Trinajstić information content (AvgIpc) is 3.59. The average molecular weight is 573 g/mol. The monoisotopic (exact) mass is 572 g/mol. The van der Waals surface area contributed by atoms with Crippen molar-refractivity contribution < 1.29 is 23.7 Å². The summed E-state index contributed by atoms with van der Waals surface area (Å²) in [5.74, 6) is 2.90. The number of anilines is 1. The maximum atomic E-state index is 13.6. The van der Waals surface area contributed by atoms with Gasteiger partial charge in [-0.1, -0.05) is 57.2 Å². The summed E-state index contributed by atoms with van der Waals surface area (Å²) in [6.07, 6.45) is 1.93. The first-order valence-corrected chi connectivity index (χ1v) is 15.3. The van der Waals surface area contributed by atoms with Crippen molar-refractivity contribution in [2.24, 2.45) is 5.92 Å². The van der Waals surface area contributed by atoms with Crippen LogP contribution in [0.2, 0.25) is 0 Å². The highest BCUT2D eigenvalue weighted by Gasteiger charge is 2.41. The number of hydrogen-bond acceptors (Lipinski definition) is 6. The number of rotatable bonds is 12. The number of ether oxygens (including phenoxy) is 4. The van der Waals surface area contributed by atoms with Crippen molar-refractivity contribution in [2.45, 2.75) is 65.5 Å². The minimum absolute atomic E-state index is 0.0132. The standard InChI is InChI=1S/C35H44N2O5/c1-6-25-9-8-10-26(7-2)34(25)36-33(38)21-37-20-30(28-13-16-31-32(19-28)42-22-41-31)24(5)35(37)27-11-14-29(15-12-27)40-18-17-39-23(3)4/h8-16,19,23-24,30,35H,6-7,17-18,20-22H2,1-5H3,(H,36,38)/t24-,30+,35-/m1/s1. The van der Waals surface area contributed by atoms with Crippen molar-refractivity contribution in [2.75, 3.05) is 38.4 Å². The maximum absolute atomic E-state index is 13.6. The van der Waals surface area contributed by atoms with E-state index in [4.69, 9.17) is 18.9 Å². The fourth-order valence-corrected chi connectivity index (χ4v) is 6.29. The van der Waals surface area contributed by atoms with E-state index in [0.717, 1.165) is 42.3 Å². The molecule has 0 spiro atoms. The van der Waals surface area contributed by atoms with Crippen molar-refractivity contribution >= 4 is 11.6 Å². The third-order valence-electron chi connectivity index (χ3n) is 8.42. The van der Waals surface area contributed by atoms with Crippen LogP contribution in [0.5, 0.6) is 17.2 Å². The predicted octanol–water partition coefficient (Wildman–Crippen LogP) is 6.76. The number of para-hydroxylation sites is 1. The lowest BCUT2D eigenvalue weighted by atomic mass is 9.84. The number of benzene rings is 3. The van der Waals surface area contributed by atoms with Crippen LogP contribution in [0, 0.1) is 5.92 Å². The lowest BCUT2D eigenvalue weighted by Gasteiger charge is -2.27. The Hall–Kier alpha value is -3.55. The SMILES string of the molecule is CCc1cccc(CC)c1NC(=O)CN1C[C@H](c2ccc3c(c2)OCO3)[C@@H](C)[C@@H]1c1ccc(OCCOC(C)C)cc1. The van der Waals surface area contributed by atoms with Gasteiger partial charge in [0.1, 0.15) is 12.4 Å². The van der Waals surface area contributed by atoms with Crippen LogP contribution in [0.3, 0.4) is 0 Å². The summed E-state index contributed by atoms with van der Waals surface area (Å²) in [6.45, 7) is 13.0. The second-order valence-electron chi connectivity index (χ2n) is 11.5. The highest BCUT2D eigenvalue weighted by molar-refractivity contribution is 5.94. The summed E-state index contributed by atoms with van der Waals surface area (Å²) in [7, 11) is 0. The number of carbonyl (C=O) groups excluding carboxylic acids is 1. The Morgan fingerprint density at radius 2 is 1.64 bits per heavy atom. The quantitative estimate of drug-likeness (QED) is 0.242. The Bertz CT molecular complexity index is 1330. The summed E-state index contributed by atoms with van der Waals surface area (Å²) in [6, 6.07) is 20.9. The van der Waals surface area contributed by atoms with Crippen molar-refractivity contribution in [3.8, 4) is 17.2 Å². The number of nitrogens with one attached hydrogen (secondary N) is 1. The van der Waals surface area contributed by atoms with Crippen molar-refractivity contribution in [1.82, 2.24) is 4.90 Å². The van der Waals surface area contributed by atoms with Crippen molar-refractivity contribution in [3.63, 3.8) is 0 Å². The zero-order chi connectivity index (χ0) is 29.6. The second-order valence-corrected chi connectivity index (χ2v) is 11.5. The predicted molar refractivity (Wildman–Crippen MR) is 166 cm³/mol. The zero-order valence-corrected chi connectivity index (χ0v) is 25.5. The van der Waals surface area contributed by atoms with E-state index in [-0.39, 0.29) is 36.7 Å². The van der Waals surface area contributed by atoms with Gasteiger partial charge in [-0.15, -0.1) is 0 Å². The van der Waals surface area contributed by atoms with E-state index in [9.17, 15) is 4.79 Å². The fourth-order valence-electron chi connectivity index (χ4n) is 6.29. The summed E-state index contributed by atoms with van der Waals surface area (Å²) >= 11 is 0. The molecule has 42 heavy (non-hydrogen) atoms. The summed E-state index contributed by atoms with van der Waals surface area (Å²) < 4.78 is 22.8. The molecule has 2 heterocycles. The summed E-state index contributed by atoms with van der Waals surface area (Å²) in [5, 5.41) is 3.28. The largest absolute Gasteiger partial charge is 0.491 e. The van der Waals surface area contributed by atoms with Gasteiger partial charge in [0.05, 0.1) is 19.3 Å². The zero-order valence-electron chi connectivity index (χ0n) is 25.5. The third-order valence-corrected chi connectivity index (χ3v) is 8.42. The Labute approximate surface area is 250 Å². The number of fused-ring (bicyclic) bond motifs is 1. The van der Waals surface area contributed by atoms with E-state index in [1.165, 1.54) is 22.3 Å². The van der Waals surface area contributed by atoms with E-state index >= 15 is 0 Å². The van der Waals surface area contributed by atoms with Crippen molar-refractivity contribution in [3.05, 3.63) is 82.9 Å². The van der Waals surface area contributed by atoms with Gasteiger partial charge < -0.3 is 24.3 Å². The van der Waals surface area contributed by atoms with E-state index in [2.05, 4.69) is 73.5 Å². The molecule has 0 radical (unpaired) electrons. The summed E-state index contributed by atoms with van der Waals surface area (Å²) in [4.78, 5) is 15.9. The van der Waals surface area contributed by atoms with E-state index in [1.807, 2.05) is 32.0 Å². The van der Waals surface area contributed by atoms with Gasteiger partial charge in [-0.2, -0.15) is 0 Å². The molecule has 2 aliphatic heterocycles. The Balaban J connectivity index is 1.37. The molecular formula is C35H44N2O5. The molecule has 1 fully saturated rings. The maximum Gasteiger partial charge on any atom is 0.238 e. The number of amides is 1. The van der Waals surface area contributed by atoms with Gasteiger partial charge >= 0.3 is 0 Å². The highest BCUT2D eigenvalue weighted by Crippen LogP contribution is 2.47. The first-order chi connectivity index (χ1) is 20.4. The van der Waals surface area contributed by atoms with Gasteiger partial charge in [0.25, 0.3) is 0 Å². The van der Waals surface area contributed by atoms with Crippen LogP contribution in [-0.4, -0.2) is 50.0 Å². The molecule has 2 aliphatic rings. The van der Waals surface area contributed by atoms with Gasteiger partial charge in [0, 0.05) is 24.2 Å². The molecule has 3 aromatic rings. The number of nitrogens with zero attached hydrogens (tertiary/aromatic N) is 1. The molecular weight excluding hydrogens is 528 g/mol. The van der Waals surface area contributed by atoms with Crippen LogP contribution in [0.25, 0.3) is 0 Å². The Kier molecular flexibility index (Phi) is 9.70. The van der Waals surface area contributed by atoms with E-state index < -0.39 is 0 Å². The normalized spacial score (nSPS) is 19.8.